The van der Waals surface area contributed by atoms with Crippen LogP contribution in [0.3, 0.4) is 0 Å². The Morgan fingerprint density at radius 1 is 1.24 bits per heavy atom. The predicted molar refractivity (Wildman–Crippen MR) is 110 cm³/mol. The summed E-state index contributed by atoms with van der Waals surface area (Å²) in [5, 5.41) is 5.03. The fourth-order valence-electron chi connectivity index (χ4n) is 3.26. The Morgan fingerprint density at radius 2 is 2.00 bits per heavy atom. The lowest BCUT2D eigenvalue weighted by atomic mass is 10.2. The minimum Gasteiger partial charge on any atom is -0.485 e. The van der Waals surface area contributed by atoms with Crippen LogP contribution in [-0.2, 0) is 20.3 Å². The lowest BCUT2D eigenvalue weighted by Gasteiger charge is -2.25. The van der Waals surface area contributed by atoms with Gasteiger partial charge in [-0.15, -0.1) is 0 Å². The molecule has 0 saturated carbocycles. The largest absolute Gasteiger partial charge is 0.485 e. The molecule has 2 aromatic carbocycles. The van der Waals surface area contributed by atoms with Gasteiger partial charge >= 0.3 is 0 Å². The van der Waals surface area contributed by atoms with Crippen LogP contribution in [0, 0.1) is 10.6 Å². The van der Waals surface area contributed by atoms with E-state index in [4.69, 9.17) is 33.3 Å². The summed E-state index contributed by atoms with van der Waals surface area (Å²) in [5.74, 6) is 1.73. The molecule has 2 heterocycles. The average Bonchev–Trinajstić information content (AvgIpc) is 2.99. The summed E-state index contributed by atoms with van der Waals surface area (Å²) in [6.07, 6.45) is -0.371. The predicted octanol–water partition coefficient (Wildman–Crippen LogP) is 4.35. The van der Waals surface area contributed by atoms with Crippen molar-refractivity contribution in [2.75, 3.05) is 13.7 Å². The van der Waals surface area contributed by atoms with Crippen LogP contribution in [0.15, 0.2) is 42.5 Å². The molecule has 4 rings (SSSR count). The minimum absolute atomic E-state index is 0.329. The summed E-state index contributed by atoms with van der Waals surface area (Å²) in [4.78, 5) is 1.89. The summed E-state index contributed by atoms with van der Waals surface area (Å²) in [6, 6.07) is 12.2. The topological polar surface area (TPSA) is 44.5 Å². The zero-order chi connectivity index (χ0) is 20.5. The van der Waals surface area contributed by atoms with Crippen molar-refractivity contribution in [1.82, 2.24) is 19.2 Å². The molecule has 1 aromatic heterocycles. The van der Waals surface area contributed by atoms with E-state index in [0.717, 1.165) is 0 Å². The Labute approximate surface area is 178 Å². The van der Waals surface area contributed by atoms with Gasteiger partial charge in [-0.3, -0.25) is 4.90 Å². The molecule has 0 aliphatic carbocycles. The molecule has 0 fully saturated rings. The highest BCUT2D eigenvalue weighted by Crippen LogP contribution is 2.35. The van der Waals surface area contributed by atoms with E-state index in [1.165, 1.54) is 6.07 Å². The molecule has 1 atom stereocenters. The SMILES string of the molecule is CN(Cc1c(F)cccc1Cl)Cn1nc(C2COc3ccccc3O2)n(C)c1=S. The highest BCUT2D eigenvalue weighted by atomic mass is 35.5. The number of benzene rings is 2. The molecule has 0 bridgehead atoms. The molecule has 152 valence electrons. The number of aromatic nitrogens is 3. The average molecular weight is 435 g/mol. The minimum atomic E-state index is -0.371. The standard InChI is InChI=1S/C20H20ClFN4O2S/c1-24(10-13-14(21)6-5-7-15(13)22)12-26-20(29)25(2)19(23-26)18-11-27-16-8-3-4-9-17(16)28-18/h3-9,18H,10-12H2,1-2H3. The Balaban J connectivity index is 1.52. The maximum absolute atomic E-state index is 14.1. The molecule has 9 heteroatoms. The molecule has 1 aliphatic heterocycles. The lowest BCUT2D eigenvalue weighted by molar-refractivity contribution is 0.0821. The first kappa shape index (κ1) is 19.9. The number of hydrogen-bond donors (Lipinski definition) is 0. The highest BCUT2D eigenvalue weighted by Gasteiger charge is 2.27. The van der Waals surface area contributed by atoms with Gasteiger partial charge in [0.15, 0.2) is 28.2 Å². The van der Waals surface area contributed by atoms with E-state index in [1.54, 1.807) is 21.4 Å². The van der Waals surface area contributed by atoms with Crippen LogP contribution in [-0.4, -0.2) is 32.9 Å². The Hall–Kier alpha value is -2.42. The first-order valence-corrected chi connectivity index (χ1v) is 9.86. The number of rotatable bonds is 5. The Bertz CT molecular complexity index is 1080. The van der Waals surface area contributed by atoms with Crippen molar-refractivity contribution in [3.8, 4) is 11.5 Å². The van der Waals surface area contributed by atoms with Gasteiger partial charge in [0.2, 0.25) is 0 Å². The third-order valence-electron chi connectivity index (χ3n) is 4.74. The maximum atomic E-state index is 14.1. The van der Waals surface area contributed by atoms with Gasteiger partial charge in [0.05, 0.1) is 6.67 Å². The van der Waals surface area contributed by atoms with Crippen LogP contribution in [0.5, 0.6) is 11.5 Å². The molecule has 0 spiro atoms. The molecular formula is C20H20ClFN4O2S. The third kappa shape index (κ3) is 4.01. The highest BCUT2D eigenvalue weighted by molar-refractivity contribution is 7.71. The van der Waals surface area contributed by atoms with E-state index in [-0.39, 0.29) is 11.9 Å². The smallest absolute Gasteiger partial charge is 0.198 e. The van der Waals surface area contributed by atoms with Gasteiger partial charge in [0, 0.05) is 24.2 Å². The quantitative estimate of drug-likeness (QED) is 0.559. The molecule has 0 N–H and O–H groups in total. The first-order chi connectivity index (χ1) is 13.9. The molecule has 0 radical (unpaired) electrons. The van der Waals surface area contributed by atoms with E-state index in [0.29, 0.717) is 52.5 Å². The zero-order valence-corrected chi connectivity index (χ0v) is 17.6. The molecular weight excluding hydrogens is 415 g/mol. The number of para-hydroxylation sites is 2. The fraction of sp³-hybridized carbons (Fsp3) is 0.300. The molecule has 1 unspecified atom stereocenters. The van der Waals surface area contributed by atoms with Gasteiger partial charge in [-0.2, -0.15) is 5.10 Å². The number of fused-ring (bicyclic) bond motifs is 1. The van der Waals surface area contributed by atoms with E-state index in [9.17, 15) is 4.39 Å². The number of hydrogen-bond acceptors (Lipinski definition) is 5. The van der Waals surface area contributed by atoms with Crippen molar-refractivity contribution in [2.24, 2.45) is 7.05 Å². The second kappa shape index (κ2) is 8.14. The van der Waals surface area contributed by atoms with E-state index in [2.05, 4.69) is 5.10 Å². The van der Waals surface area contributed by atoms with E-state index < -0.39 is 0 Å². The second-order valence-electron chi connectivity index (χ2n) is 6.92. The van der Waals surface area contributed by atoms with Crippen molar-refractivity contribution in [3.05, 3.63) is 69.5 Å². The summed E-state index contributed by atoms with van der Waals surface area (Å²) < 4.78 is 29.9. The number of nitrogens with zero attached hydrogens (tertiary/aromatic N) is 4. The van der Waals surface area contributed by atoms with Crippen molar-refractivity contribution < 1.29 is 13.9 Å². The van der Waals surface area contributed by atoms with Gasteiger partial charge in [0.1, 0.15) is 12.4 Å². The Morgan fingerprint density at radius 3 is 2.76 bits per heavy atom. The van der Waals surface area contributed by atoms with Crippen LogP contribution in [0.1, 0.15) is 17.5 Å². The molecule has 1 aliphatic rings. The molecule has 0 saturated heterocycles. The van der Waals surface area contributed by atoms with Crippen molar-refractivity contribution >= 4 is 23.8 Å². The van der Waals surface area contributed by atoms with Crippen molar-refractivity contribution in [1.29, 1.82) is 0 Å². The summed E-state index contributed by atoms with van der Waals surface area (Å²) in [6.45, 7) is 1.05. The third-order valence-corrected chi connectivity index (χ3v) is 5.57. The van der Waals surface area contributed by atoms with Crippen molar-refractivity contribution in [2.45, 2.75) is 19.3 Å². The van der Waals surface area contributed by atoms with Crippen LogP contribution in [0.25, 0.3) is 0 Å². The van der Waals surface area contributed by atoms with Crippen LogP contribution < -0.4 is 9.47 Å². The molecule has 0 amide bonds. The van der Waals surface area contributed by atoms with Gasteiger partial charge in [0.25, 0.3) is 0 Å². The van der Waals surface area contributed by atoms with Crippen LogP contribution in [0.2, 0.25) is 5.02 Å². The Kier molecular flexibility index (Phi) is 5.58. The monoisotopic (exact) mass is 434 g/mol. The van der Waals surface area contributed by atoms with E-state index in [1.807, 2.05) is 43.3 Å². The fourth-order valence-corrected chi connectivity index (χ4v) is 3.67. The van der Waals surface area contributed by atoms with Gasteiger partial charge in [-0.25, -0.2) is 9.07 Å². The van der Waals surface area contributed by atoms with E-state index >= 15 is 0 Å². The number of halogens is 2. The zero-order valence-electron chi connectivity index (χ0n) is 16.0. The normalized spacial score (nSPS) is 15.7. The molecule has 3 aromatic rings. The summed E-state index contributed by atoms with van der Waals surface area (Å²) in [7, 11) is 3.70. The van der Waals surface area contributed by atoms with Crippen LogP contribution in [0.4, 0.5) is 4.39 Å². The number of ether oxygens (including phenoxy) is 2. The maximum Gasteiger partial charge on any atom is 0.198 e. The molecule has 29 heavy (non-hydrogen) atoms. The van der Waals surface area contributed by atoms with Crippen molar-refractivity contribution in [3.63, 3.8) is 0 Å². The summed E-state index contributed by atoms with van der Waals surface area (Å²) >= 11 is 11.7. The van der Waals surface area contributed by atoms with Gasteiger partial charge < -0.3 is 14.0 Å². The molecule has 6 nitrogen and oxygen atoms in total. The van der Waals surface area contributed by atoms with Crippen LogP contribution >= 0.6 is 23.8 Å². The first-order valence-electron chi connectivity index (χ1n) is 9.07. The van der Waals surface area contributed by atoms with Gasteiger partial charge in [-0.1, -0.05) is 29.8 Å². The van der Waals surface area contributed by atoms with Gasteiger partial charge in [-0.05, 0) is 43.5 Å². The summed E-state index contributed by atoms with van der Waals surface area (Å²) in [5.41, 5.74) is 0.444. The second-order valence-corrected chi connectivity index (χ2v) is 7.69. The lowest BCUT2D eigenvalue weighted by Crippen LogP contribution is -2.25.